The van der Waals surface area contributed by atoms with E-state index in [9.17, 15) is 0 Å². The third-order valence-electron chi connectivity index (χ3n) is 4.49. The number of allylic oxidation sites excluding steroid dienone is 2. The predicted octanol–water partition coefficient (Wildman–Crippen LogP) is 4.15. The van der Waals surface area contributed by atoms with Crippen molar-refractivity contribution in [2.24, 2.45) is 11.3 Å². The van der Waals surface area contributed by atoms with Crippen molar-refractivity contribution < 1.29 is 0 Å². The van der Waals surface area contributed by atoms with Crippen LogP contribution in [-0.2, 0) is 0 Å². The summed E-state index contributed by atoms with van der Waals surface area (Å²) >= 11 is 0. The molecule has 3 rings (SSSR count). The maximum atomic E-state index is 2.50. The molecule has 3 unspecified atom stereocenters. The summed E-state index contributed by atoms with van der Waals surface area (Å²) in [6.45, 7) is 2.40. The van der Waals surface area contributed by atoms with Gasteiger partial charge in [0.1, 0.15) is 0 Å². The normalized spacial score (nSPS) is 34.6. The van der Waals surface area contributed by atoms with Gasteiger partial charge in [-0.3, -0.25) is 0 Å². The van der Waals surface area contributed by atoms with E-state index < -0.39 is 0 Å². The molecule has 0 amide bonds. The van der Waals surface area contributed by atoms with E-state index >= 15 is 0 Å². The summed E-state index contributed by atoms with van der Waals surface area (Å²) in [6, 6.07) is 11.0. The minimum absolute atomic E-state index is 0.492. The van der Waals surface area contributed by atoms with E-state index in [1.807, 2.05) is 0 Å². The quantitative estimate of drug-likeness (QED) is 0.626. The average Bonchev–Trinajstić information content (AvgIpc) is 2.90. The van der Waals surface area contributed by atoms with Crippen LogP contribution in [0.1, 0.15) is 37.7 Å². The number of hydrogen-bond donors (Lipinski definition) is 0. The van der Waals surface area contributed by atoms with Crippen molar-refractivity contribution in [2.45, 2.75) is 32.1 Å². The van der Waals surface area contributed by atoms with Gasteiger partial charge in [0.2, 0.25) is 0 Å². The van der Waals surface area contributed by atoms with Gasteiger partial charge in [0.25, 0.3) is 0 Å². The maximum Gasteiger partial charge on any atom is -0.00463 e. The molecule has 78 valence electrons. The van der Waals surface area contributed by atoms with Gasteiger partial charge in [-0.1, -0.05) is 49.4 Å². The Morgan fingerprint density at radius 1 is 1.27 bits per heavy atom. The number of benzene rings is 1. The van der Waals surface area contributed by atoms with Crippen LogP contribution < -0.4 is 0 Å². The lowest BCUT2D eigenvalue weighted by Gasteiger charge is -2.31. The molecule has 0 aliphatic heterocycles. The van der Waals surface area contributed by atoms with Gasteiger partial charge < -0.3 is 0 Å². The summed E-state index contributed by atoms with van der Waals surface area (Å²) in [7, 11) is 0. The minimum Gasteiger partial charge on any atom is -0.0848 e. The molecule has 0 heteroatoms. The second kappa shape index (κ2) is 3.23. The fraction of sp³-hybridized carbons (Fsp3) is 0.467. The zero-order chi connectivity index (χ0) is 10.3. The zero-order valence-corrected chi connectivity index (χ0v) is 9.32. The molecule has 0 saturated heterocycles. The van der Waals surface area contributed by atoms with E-state index in [0.29, 0.717) is 11.3 Å². The highest BCUT2D eigenvalue weighted by Gasteiger charge is 2.44. The van der Waals surface area contributed by atoms with Crippen molar-refractivity contribution in [1.82, 2.24) is 0 Å². The lowest BCUT2D eigenvalue weighted by Crippen LogP contribution is -2.20. The summed E-state index contributed by atoms with van der Waals surface area (Å²) in [5.41, 5.74) is 2.00. The van der Waals surface area contributed by atoms with Gasteiger partial charge in [0, 0.05) is 0 Å². The smallest absolute Gasteiger partial charge is 0.00463 e. The van der Waals surface area contributed by atoms with E-state index in [1.165, 1.54) is 24.8 Å². The first-order chi connectivity index (χ1) is 7.30. The zero-order valence-electron chi connectivity index (χ0n) is 9.32. The topological polar surface area (TPSA) is 0 Å². The highest BCUT2D eigenvalue weighted by atomic mass is 14.5. The molecule has 0 spiro atoms. The van der Waals surface area contributed by atoms with Gasteiger partial charge >= 0.3 is 0 Å². The van der Waals surface area contributed by atoms with Crippen molar-refractivity contribution in [2.75, 3.05) is 0 Å². The fourth-order valence-corrected chi connectivity index (χ4v) is 3.40. The number of fused-ring (bicyclic) bond motifs is 2. The molecule has 1 saturated carbocycles. The molecule has 1 fully saturated rings. The molecule has 0 nitrogen and oxygen atoms in total. The second-order valence-corrected chi connectivity index (χ2v) is 5.23. The Kier molecular flexibility index (Phi) is 1.98. The van der Waals surface area contributed by atoms with Crippen molar-refractivity contribution in [3.63, 3.8) is 0 Å². The summed E-state index contributed by atoms with van der Waals surface area (Å²) in [5, 5.41) is 0. The summed E-state index contributed by atoms with van der Waals surface area (Å²) in [4.78, 5) is 0. The van der Waals surface area contributed by atoms with Crippen LogP contribution in [0.3, 0.4) is 0 Å². The Labute approximate surface area is 92.0 Å². The first-order valence-electron chi connectivity index (χ1n) is 6.04. The molecular formula is C15H18. The van der Waals surface area contributed by atoms with Crippen LogP contribution in [-0.4, -0.2) is 0 Å². The number of hydrogen-bond acceptors (Lipinski definition) is 0. The highest BCUT2D eigenvalue weighted by molar-refractivity contribution is 5.28. The molecule has 0 heterocycles. The molecule has 3 atom stereocenters. The van der Waals surface area contributed by atoms with Gasteiger partial charge in [-0.2, -0.15) is 0 Å². The largest absolute Gasteiger partial charge is 0.0848 e. The molecule has 0 N–H and O–H groups in total. The van der Waals surface area contributed by atoms with Crippen LogP contribution in [0.25, 0.3) is 0 Å². The van der Waals surface area contributed by atoms with E-state index in [4.69, 9.17) is 0 Å². The molecule has 0 radical (unpaired) electrons. The van der Waals surface area contributed by atoms with Crippen LogP contribution in [0.15, 0.2) is 42.5 Å². The first kappa shape index (κ1) is 9.21. The Bertz CT molecular complexity index is 376. The van der Waals surface area contributed by atoms with Crippen LogP contribution in [0.2, 0.25) is 0 Å². The Hall–Kier alpha value is -1.04. The maximum absolute atomic E-state index is 2.50. The van der Waals surface area contributed by atoms with Crippen LogP contribution in [0.4, 0.5) is 0 Å². The van der Waals surface area contributed by atoms with Gasteiger partial charge in [-0.15, -0.1) is 0 Å². The van der Waals surface area contributed by atoms with Crippen molar-refractivity contribution in [3.8, 4) is 0 Å². The van der Waals surface area contributed by atoms with E-state index in [2.05, 4.69) is 49.4 Å². The van der Waals surface area contributed by atoms with E-state index in [-0.39, 0.29) is 0 Å². The monoisotopic (exact) mass is 198 g/mol. The summed E-state index contributed by atoms with van der Waals surface area (Å²) < 4.78 is 0. The SMILES string of the molecule is CC(c1ccccc1)C12C=CC(CC1)C2. The lowest BCUT2D eigenvalue weighted by molar-refractivity contribution is 0.334. The molecule has 1 aromatic rings. The van der Waals surface area contributed by atoms with Gasteiger partial charge in [0.05, 0.1) is 0 Å². The third-order valence-corrected chi connectivity index (χ3v) is 4.49. The van der Waals surface area contributed by atoms with Crippen LogP contribution >= 0.6 is 0 Å². The predicted molar refractivity (Wildman–Crippen MR) is 63.8 cm³/mol. The van der Waals surface area contributed by atoms with E-state index in [0.717, 1.165) is 5.92 Å². The van der Waals surface area contributed by atoms with Crippen LogP contribution in [0.5, 0.6) is 0 Å². The van der Waals surface area contributed by atoms with E-state index in [1.54, 1.807) is 0 Å². The van der Waals surface area contributed by atoms with Crippen molar-refractivity contribution >= 4 is 0 Å². The Balaban J connectivity index is 1.92. The molecule has 0 aromatic heterocycles. The fourth-order valence-electron chi connectivity index (χ4n) is 3.40. The Morgan fingerprint density at radius 3 is 2.60 bits per heavy atom. The molecule has 15 heavy (non-hydrogen) atoms. The minimum atomic E-state index is 0.492. The lowest BCUT2D eigenvalue weighted by atomic mass is 9.73. The third kappa shape index (κ3) is 1.35. The van der Waals surface area contributed by atoms with Crippen molar-refractivity contribution in [3.05, 3.63) is 48.0 Å². The van der Waals surface area contributed by atoms with Gasteiger partial charge in [-0.25, -0.2) is 0 Å². The van der Waals surface area contributed by atoms with Crippen molar-refractivity contribution in [1.29, 1.82) is 0 Å². The standard InChI is InChI=1S/C15H18/c1-12(14-5-3-2-4-6-14)15-9-7-13(11-15)8-10-15/h2-7,9,12-13H,8,10-11H2,1H3. The molecule has 2 aliphatic rings. The molecule has 2 bridgehead atoms. The molecule has 2 aliphatic carbocycles. The highest BCUT2D eigenvalue weighted by Crippen LogP contribution is 2.56. The summed E-state index contributed by atoms with van der Waals surface area (Å²) in [6.07, 6.45) is 9.14. The molecular weight excluding hydrogens is 180 g/mol. The first-order valence-corrected chi connectivity index (χ1v) is 6.04. The van der Waals surface area contributed by atoms with Crippen LogP contribution in [0, 0.1) is 11.3 Å². The van der Waals surface area contributed by atoms with Gasteiger partial charge in [0.15, 0.2) is 0 Å². The number of rotatable bonds is 2. The second-order valence-electron chi connectivity index (χ2n) is 5.23. The Morgan fingerprint density at radius 2 is 2.07 bits per heavy atom. The molecule has 1 aromatic carbocycles. The average molecular weight is 198 g/mol. The summed E-state index contributed by atoms with van der Waals surface area (Å²) in [5.74, 6) is 1.57. The van der Waals surface area contributed by atoms with Gasteiger partial charge in [-0.05, 0) is 42.1 Å².